The fourth-order valence-corrected chi connectivity index (χ4v) is 3.30. The molecule has 0 heterocycles. The van der Waals surface area contributed by atoms with Crippen LogP contribution in [0, 0.1) is 24.7 Å². The first-order valence-electron chi connectivity index (χ1n) is 8.61. The zero-order chi connectivity index (χ0) is 18.5. The highest BCUT2D eigenvalue weighted by Gasteiger charge is 2.35. The van der Waals surface area contributed by atoms with Crippen LogP contribution in [0.3, 0.4) is 0 Å². The molecule has 0 unspecified atom stereocenters. The van der Waals surface area contributed by atoms with Crippen molar-refractivity contribution < 1.29 is 10.2 Å². The zero-order valence-electron chi connectivity index (χ0n) is 14.4. The predicted octanol–water partition coefficient (Wildman–Crippen LogP) is 2.43. The minimum absolute atomic E-state index is 0.195. The van der Waals surface area contributed by atoms with Crippen molar-refractivity contribution in [3.8, 4) is 24.7 Å². The van der Waals surface area contributed by atoms with Gasteiger partial charge in [0.25, 0.3) is 0 Å². The van der Waals surface area contributed by atoms with Gasteiger partial charge < -0.3 is 20.8 Å². The van der Waals surface area contributed by atoms with Crippen LogP contribution in [0.25, 0.3) is 0 Å². The molecule has 1 aliphatic rings. The fraction of sp³-hybridized carbons (Fsp3) is 0.273. The summed E-state index contributed by atoms with van der Waals surface area (Å²) >= 11 is 0. The van der Waals surface area contributed by atoms with Crippen molar-refractivity contribution in [3.63, 3.8) is 0 Å². The number of nitrogens with one attached hydrogen (secondary N) is 2. The molecule has 4 heteroatoms. The Morgan fingerprint density at radius 3 is 1.65 bits per heavy atom. The molecule has 1 aliphatic carbocycles. The maximum absolute atomic E-state index is 10.4. The Balaban J connectivity index is 1.72. The van der Waals surface area contributed by atoms with E-state index < -0.39 is 12.2 Å². The van der Waals surface area contributed by atoms with Gasteiger partial charge >= 0.3 is 0 Å². The SMILES string of the molecule is C#Cc1cccc(N[C@@H]2C[C@@H](Nc3cccc(C#C)c3)[C@H](O)C[C@H]2O)c1. The topological polar surface area (TPSA) is 64.5 Å². The standard InChI is InChI=1S/C22H22N2O2/c1-3-15-7-5-9-17(11-15)23-19-13-20(22(26)14-21(19)25)24-18-10-6-8-16(4-2)12-18/h1-2,5-12,19-26H,13-14H2/t19-,20-,21-,22-/m1/s1. The molecule has 3 rings (SSSR count). The quantitative estimate of drug-likeness (QED) is 0.642. The van der Waals surface area contributed by atoms with E-state index in [-0.39, 0.29) is 12.1 Å². The first-order chi connectivity index (χ1) is 12.6. The summed E-state index contributed by atoms with van der Waals surface area (Å²) < 4.78 is 0. The van der Waals surface area contributed by atoms with Crippen LogP contribution in [0.15, 0.2) is 48.5 Å². The minimum Gasteiger partial charge on any atom is -0.391 e. The van der Waals surface area contributed by atoms with Crippen LogP contribution in [-0.2, 0) is 0 Å². The molecular weight excluding hydrogens is 324 g/mol. The number of aliphatic hydroxyl groups excluding tert-OH is 2. The molecule has 4 N–H and O–H groups in total. The van der Waals surface area contributed by atoms with Crippen molar-refractivity contribution in [3.05, 3.63) is 59.7 Å². The van der Waals surface area contributed by atoms with Crippen LogP contribution >= 0.6 is 0 Å². The van der Waals surface area contributed by atoms with E-state index >= 15 is 0 Å². The summed E-state index contributed by atoms with van der Waals surface area (Å²) in [6.07, 6.45) is 10.5. The van der Waals surface area contributed by atoms with Gasteiger partial charge in [0, 0.05) is 28.9 Å². The third-order valence-corrected chi connectivity index (χ3v) is 4.68. The van der Waals surface area contributed by atoms with Gasteiger partial charge in [-0.05, 0) is 42.8 Å². The Labute approximate surface area is 154 Å². The average Bonchev–Trinajstić information content (AvgIpc) is 2.66. The first-order valence-corrected chi connectivity index (χ1v) is 8.61. The largest absolute Gasteiger partial charge is 0.391 e. The molecule has 0 saturated heterocycles. The highest BCUT2D eigenvalue weighted by Crippen LogP contribution is 2.26. The van der Waals surface area contributed by atoms with Crippen LogP contribution in [0.4, 0.5) is 11.4 Å². The molecule has 4 nitrogen and oxygen atoms in total. The van der Waals surface area contributed by atoms with Crippen LogP contribution < -0.4 is 10.6 Å². The van der Waals surface area contributed by atoms with E-state index in [0.717, 1.165) is 22.5 Å². The molecule has 0 aliphatic heterocycles. The maximum atomic E-state index is 10.4. The lowest BCUT2D eigenvalue weighted by Gasteiger charge is -2.38. The van der Waals surface area contributed by atoms with Crippen molar-refractivity contribution in [2.45, 2.75) is 37.1 Å². The molecular formula is C22H22N2O2. The molecule has 2 aromatic carbocycles. The summed E-state index contributed by atoms with van der Waals surface area (Å²) in [7, 11) is 0. The lowest BCUT2D eigenvalue weighted by molar-refractivity contribution is 0.0242. The van der Waals surface area contributed by atoms with E-state index in [1.807, 2.05) is 48.5 Å². The molecule has 26 heavy (non-hydrogen) atoms. The molecule has 4 atom stereocenters. The number of rotatable bonds is 4. The second-order valence-corrected chi connectivity index (χ2v) is 6.56. The van der Waals surface area contributed by atoms with Gasteiger partial charge in [0.05, 0.1) is 24.3 Å². The Morgan fingerprint density at radius 2 is 1.23 bits per heavy atom. The normalized spacial score (nSPS) is 24.9. The van der Waals surface area contributed by atoms with E-state index in [9.17, 15) is 10.2 Å². The number of benzene rings is 2. The summed E-state index contributed by atoms with van der Waals surface area (Å²) in [4.78, 5) is 0. The van der Waals surface area contributed by atoms with Crippen LogP contribution in [0.1, 0.15) is 24.0 Å². The Morgan fingerprint density at radius 1 is 0.769 bits per heavy atom. The molecule has 0 spiro atoms. The van der Waals surface area contributed by atoms with Crippen LogP contribution in [-0.4, -0.2) is 34.5 Å². The minimum atomic E-state index is -0.644. The molecule has 0 amide bonds. The molecule has 0 radical (unpaired) electrons. The number of anilines is 2. The number of hydrogen-bond donors (Lipinski definition) is 4. The summed E-state index contributed by atoms with van der Waals surface area (Å²) in [5.41, 5.74) is 3.27. The smallest absolute Gasteiger partial charge is 0.0767 e. The fourth-order valence-electron chi connectivity index (χ4n) is 3.30. The second kappa shape index (κ2) is 7.97. The lowest BCUT2D eigenvalue weighted by atomic mass is 9.85. The van der Waals surface area contributed by atoms with Crippen molar-refractivity contribution in [1.29, 1.82) is 0 Å². The van der Waals surface area contributed by atoms with Crippen LogP contribution in [0.5, 0.6) is 0 Å². The van der Waals surface area contributed by atoms with Gasteiger partial charge in [0.2, 0.25) is 0 Å². The second-order valence-electron chi connectivity index (χ2n) is 6.56. The van der Waals surface area contributed by atoms with Gasteiger partial charge in [-0.3, -0.25) is 0 Å². The number of hydrogen-bond acceptors (Lipinski definition) is 4. The van der Waals surface area contributed by atoms with Gasteiger partial charge in [-0.1, -0.05) is 24.0 Å². The third-order valence-electron chi connectivity index (χ3n) is 4.68. The van der Waals surface area contributed by atoms with Crippen LogP contribution in [0.2, 0.25) is 0 Å². The molecule has 0 bridgehead atoms. The van der Waals surface area contributed by atoms with Crippen molar-refractivity contribution in [2.24, 2.45) is 0 Å². The monoisotopic (exact) mass is 346 g/mol. The van der Waals surface area contributed by atoms with Gasteiger partial charge in [0.1, 0.15) is 0 Å². The van der Waals surface area contributed by atoms with Crippen molar-refractivity contribution in [1.82, 2.24) is 0 Å². The first kappa shape index (κ1) is 17.9. The third kappa shape index (κ3) is 4.18. The number of aliphatic hydroxyl groups is 2. The van der Waals surface area contributed by atoms with E-state index in [2.05, 4.69) is 22.5 Å². The van der Waals surface area contributed by atoms with Gasteiger partial charge in [-0.25, -0.2) is 0 Å². The lowest BCUT2D eigenvalue weighted by Crippen LogP contribution is -2.51. The number of terminal acetylenes is 2. The van der Waals surface area contributed by atoms with E-state index in [1.165, 1.54) is 0 Å². The van der Waals surface area contributed by atoms with E-state index in [1.54, 1.807) is 0 Å². The molecule has 1 fully saturated rings. The Hall–Kier alpha value is -2.92. The summed E-state index contributed by atoms with van der Waals surface area (Å²) in [6, 6.07) is 14.6. The zero-order valence-corrected chi connectivity index (χ0v) is 14.4. The van der Waals surface area contributed by atoms with Gasteiger partial charge in [0.15, 0.2) is 0 Å². The van der Waals surface area contributed by atoms with Crippen molar-refractivity contribution >= 4 is 11.4 Å². The maximum Gasteiger partial charge on any atom is 0.0767 e. The molecule has 1 saturated carbocycles. The Kier molecular flexibility index (Phi) is 5.49. The van der Waals surface area contributed by atoms with E-state index in [4.69, 9.17) is 12.8 Å². The predicted molar refractivity (Wildman–Crippen MR) is 105 cm³/mol. The van der Waals surface area contributed by atoms with Gasteiger partial charge in [-0.15, -0.1) is 12.8 Å². The summed E-state index contributed by atoms with van der Waals surface area (Å²) in [6.45, 7) is 0. The molecule has 0 aromatic heterocycles. The average molecular weight is 346 g/mol. The highest BCUT2D eigenvalue weighted by molar-refractivity contribution is 5.52. The van der Waals surface area contributed by atoms with Gasteiger partial charge in [-0.2, -0.15) is 0 Å². The molecule has 2 aromatic rings. The highest BCUT2D eigenvalue weighted by atomic mass is 16.3. The summed E-state index contributed by atoms with van der Waals surface area (Å²) in [5.74, 6) is 5.21. The van der Waals surface area contributed by atoms with Crippen molar-refractivity contribution in [2.75, 3.05) is 10.6 Å². The Bertz CT molecular complexity index is 780. The van der Waals surface area contributed by atoms with E-state index in [0.29, 0.717) is 12.8 Å². The summed E-state index contributed by atoms with van der Waals surface area (Å²) in [5, 5.41) is 27.4. The molecule has 132 valence electrons.